The third-order valence-corrected chi connectivity index (χ3v) is 5.82. The Hall–Kier alpha value is -2.58. The van der Waals surface area contributed by atoms with Gasteiger partial charge in [-0.2, -0.15) is 4.73 Å². The summed E-state index contributed by atoms with van der Waals surface area (Å²) >= 11 is 0. The molecule has 2 fully saturated rings. The summed E-state index contributed by atoms with van der Waals surface area (Å²) in [5, 5.41) is 11.8. The molecule has 5 heteroatoms. The van der Waals surface area contributed by atoms with E-state index < -0.39 is 5.60 Å². The molecule has 25 heavy (non-hydrogen) atoms. The number of piperidine rings is 1. The van der Waals surface area contributed by atoms with Crippen LogP contribution in [0.15, 0.2) is 47.7 Å². The molecule has 1 spiro atoms. The van der Waals surface area contributed by atoms with Gasteiger partial charge in [-0.3, -0.25) is 4.90 Å². The maximum atomic E-state index is 12.1. The first-order valence-corrected chi connectivity index (χ1v) is 8.81. The summed E-state index contributed by atoms with van der Waals surface area (Å²) in [5.74, 6) is 5.83. The Balaban J connectivity index is 1.59. The van der Waals surface area contributed by atoms with Crippen molar-refractivity contribution in [3.63, 3.8) is 0 Å². The van der Waals surface area contributed by atoms with Crippen molar-refractivity contribution in [2.24, 2.45) is 0 Å². The minimum Gasteiger partial charge on any atom is -0.618 e. The Morgan fingerprint density at radius 3 is 3.12 bits per heavy atom. The number of rotatable bonds is 0. The van der Waals surface area contributed by atoms with Crippen molar-refractivity contribution >= 4 is 5.97 Å². The van der Waals surface area contributed by atoms with Crippen LogP contribution in [0.25, 0.3) is 0 Å². The quantitative estimate of drug-likeness (QED) is 0.312. The lowest BCUT2D eigenvalue weighted by molar-refractivity contribution is -0.608. The number of fused-ring (bicyclic) bond motifs is 3. The van der Waals surface area contributed by atoms with E-state index in [2.05, 4.69) is 22.8 Å². The molecule has 0 unspecified atom stereocenters. The summed E-state index contributed by atoms with van der Waals surface area (Å²) in [6, 6.07) is 5.67. The fourth-order valence-corrected chi connectivity index (χ4v) is 4.83. The van der Waals surface area contributed by atoms with Crippen molar-refractivity contribution in [3.05, 3.63) is 58.6 Å². The van der Waals surface area contributed by atoms with E-state index in [0.29, 0.717) is 5.69 Å². The zero-order chi connectivity index (χ0) is 17.0. The maximum absolute atomic E-state index is 12.1. The molecule has 4 heterocycles. The summed E-state index contributed by atoms with van der Waals surface area (Å²) in [5.41, 5.74) is 1.61. The summed E-state index contributed by atoms with van der Waals surface area (Å²) in [7, 11) is 0. The molecule has 2 saturated heterocycles. The minimum absolute atomic E-state index is 0.251. The van der Waals surface area contributed by atoms with Crippen molar-refractivity contribution in [1.82, 2.24) is 4.90 Å². The highest BCUT2D eigenvalue weighted by molar-refractivity contribution is 5.90. The third-order valence-electron chi connectivity index (χ3n) is 5.82. The fourth-order valence-electron chi connectivity index (χ4n) is 4.83. The molecule has 5 rings (SSSR count). The molecule has 1 aromatic heterocycles. The number of hydrogen-bond acceptors (Lipinski definition) is 4. The number of hydrogen-bond donors (Lipinski definition) is 0. The second-order valence-corrected chi connectivity index (χ2v) is 7.13. The molecule has 2 bridgehead atoms. The molecule has 4 aliphatic rings. The first kappa shape index (κ1) is 14.7. The normalized spacial score (nSPS) is 32.7. The fraction of sp³-hybridized carbons (Fsp3) is 0.400. The molecule has 3 aliphatic heterocycles. The maximum Gasteiger partial charge on any atom is 0.332 e. The van der Waals surface area contributed by atoms with Crippen molar-refractivity contribution in [1.29, 1.82) is 0 Å². The summed E-state index contributed by atoms with van der Waals surface area (Å²) < 4.78 is 6.63. The van der Waals surface area contributed by atoms with Crippen LogP contribution in [0.2, 0.25) is 0 Å². The minimum atomic E-state index is -0.537. The third kappa shape index (κ3) is 2.07. The Kier molecular flexibility index (Phi) is 3.07. The Bertz CT molecular complexity index is 892. The van der Waals surface area contributed by atoms with Crippen LogP contribution in [0.5, 0.6) is 0 Å². The van der Waals surface area contributed by atoms with Crippen LogP contribution < -0.4 is 4.73 Å². The van der Waals surface area contributed by atoms with E-state index in [4.69, 9.17) is 4.74 Å². The Labute approximate surface area is 146 Å². The van der Waals surface area contributed by atoms with Gasteiger partial charge in [-0.25, -0.2) is 4.79 Å². The lowest BCUT2D eigenvalue weighted by Gasteiger charge is -2.38. The lowest BCUT2D eigenvalue weighted by atomic mass is 9.77. The van der Waals surface area contributed by atoms with Gasteiger partial charge >= 0.3 is 5.97 Å². The molecule has 126 valence electrons. The van der Waals surface area contributed by atoms with E-state index in [1.54, 1.807) is 24.3 Å². The number of aromatic nitrogens is 1. The van der Waals surface area contributed by atoms with Gasteiger partial charge in [0.25, 0.3) is 5.69 Å². The molecular formula is C20H18N2O3. The van der Waals surface area contributed by atoms with E-state index in [-0.39, 0.29) is 18.1 Å². The van der Waals surface area contributed by atoms with E-state index in [1.807, 2.05) is 0 Å². The van der Waals surface area contributed by atoms with Crippen LogP contribution in [0.4, 0.5) is 0 Å². The largest absolute Gasteiger partial charge is 0.618 e. The molecular weight excluding hydrogens is 316 g/mol. The lowest BCUT2D eigenvalue weighted by Crippen LogP contribution is -2.48. The molecule has 0 N–H and O–H groups in total. The monoisotopic (exact) mass is 334 g/mol. The first-order valence-electron chi connectivity index (χ1n) is 8.81. The van der Waals surface area contributed by atoms with Crippen LogP contribution in [-0.2, 0) is 9.53 Å². The molecule has 0 saturated carbocycles. The second-order valence-electron chi connectivity index (χ2n) is 7.13. The highest BCUT2D eigenvalue weighted by atomic mass is 16.6. The summed E-state index contributed by atoms with van der Waals surface area (Å²) in [4.78, 5) is 14.6. The van der Waals surface area contributed by atoms with Crippen molar-refractivity contribution in [2.75, 3.05) is 6.54 Å². The number of carbonyl (C=O) groups is 1. The van der Waals surface area contributed by atoms with E-state index >= 15 is 0 Å². The zero-order valence-electron chi connectivity index (χ0n) is 13.8. The number of carbonyl (C=O) groups excluding carboxylic acids is 1. The van der Waals surface area contributed by atoms with Gasteiger partial charge in [0.15, 0.2) is 11.8 Å². The van der Waals surface area contributed by atoms with Crippen molar-refractivity contribution in [2.45, 2.75) is 43.4 Å². The molecule has 0 radical (unpaired) electrons. The highest BCUT2D eigenvalue weighted by Gasteiger charge is 2.61. The van der Waals surface area contributed by atoms with Gasteiger partial charge in [-0.15, -0.1) is 0 Å². The SMILES string of the molecule is O=C1C=C2C(C#Cc3cccc[n+]3[O-])=C[C@@H]3C[C@@]2(O1)[C@H]1CCCCN31. The van der Waals surface area contributed by atoms with Crippen molar-refractivity contribution in [3.8, 4) is 11.8 Å². The topological polar surface area (TPSA) is 56.5 Å². The molecule has 1 aromatic rings. The van der Waals surface area contributed by atoms with E-state index in [0.717, 1.165) is 35.3 Å². The van der Waals surface area contributed by atoms with Crippen LogP contribution in [0.1, 0.15) is 31.4 Å². The van der Waals surface area contributed by atoms with Gasteiger partial charge in [-0.1, -0.05) is 18.4 Å². The Morgan fingerprint density at radius 1 is 1.32 bits per heavy atom. The predicted octanol–water partition coefficient (Wildman–Crippen LogP) is 1.46. The second kappa shape index (κ2) is 5.21. The van der Waals surface area contributed by atoms with Gasteiger partial charge < -0.3 is 9.94 Å². The Morgan fingerprint density at radius 2 is 2.24 bits per heavy atom. The van der Waals surface area contributed by atoms with Crippen molar-refractivity contribution < 1.29 is 14.3 Å². The van der Waals surface area contributed by atoms with Gasteiger partial charge in [0.05, 0.1) is 6.04 Å². The molecule has 5 nitrogen and oxygen atoms in total. The van der Waals surface area contributed by atoms with Crippen LogP contribution >= 0.6 is 0 Å². The van der Waals surface area contributed by atoms with Gasteiger partial charge in [0.2, 0.25) is 0 Å². The summed E-state index contributed by atoms with van der Waals surface area (Å²) in [6.45, 7) is 1.04. The molecule has 1 aliphatic carbocycles. The average molecular weight is 334 g/mol. The van der Waals surface area contributed by atoms with E-state index in [1.165, 1.54) is 19.0 Å². The predicted molar refractivity (Wildman–Crippen MR) is 90.0 cm³/mol. The van der Waals surface area contributed by atoms with Crippen LogP contribution in [0.3, 0.4) is 0 Å². The van der Waals surface area contributed by atoms with Gasteiger partial charge in [-0.05, 0) is 25.5 Å². The van der Waals surface area contributed by atoms with Gasteiger partial charge in [0.1, 0.15) is 0 Å². The highest BCUT2D eigenvalue weighted by Crippen LogP contribution is 2.53. The smallest absolute Gasteiger partial charge is 0.332 e. The number of nitrogens with zero attached hydrogens (tertiary/aromatic N) is 2. The standard InChI is InChI=1S/C20H18N2O3/c23-19-12-17-14(7-8-15-5-1-4-10-22(15)24)11-16-13-20(17,25-19)18-6-2-3-9-21(16)18/h1,4-5,10-12,16,18H,2-3,6,9,13H2/t16-,18-,20+/m1/s1. The number of pyridine rings is 1. The molecule has 0 amide bonds. The van der Waals surface area contributed by atoms with Gasteiger partial charge in [0, 0.05) is 47.7 Å². The van der Waals surface area contributed by atoms with Crippen LogP contribution in [0, 0.1) is 17.0 Å². The first-order chi connectivity index (χ1) is 12.2. The number of ether oxygens (including phenoxy) is 1. The summed E-state index contributed by atoms with van der Waals surface area (Å²) in [6.07, 6.45) is 9.43. The average Bonchev–Trinajstić information content (AvgIpc) is 3.10. The number of esters is 1. The zero-order valence-corrected chi connectivity index (χ0v) is 13.8. The van der Waals surface area contributed by atoms with E-state index in [9.17, 15) is 10.0 Å². The molecule has 0 aromatic carbocycles. The van der Waals surface area contributed by atoms with Crippen LogP contribution in [-0.4, -0.2) is 35.1 Å². The molecule has 3 atom stereocenters.